The third-order valence-corrected chi connectivity index (χ3v) is 7.40. The lowest BCUT2D eigenvalue weighted by Gasteiger charge is -2.47. The number of aromatic nitrogens is 4. The normalized spacial score (nSPS) is 26.9. The van der Waals surface area contributed by atoms with E-state index in [9.17, 15) is 13.9 Å². The maximum absolute atomic E-state index is 14.7. The molecule has 2 aromatic heterocycles. The Bertz CT molecular complexity index is 1120. The molecular weight excluding hydrogens is 414 g/mol. The van der Waals surface area contributed by atoms with Gasteiger partial charge >= 0.3 is 0 Å². The Hall–Kier alpha value is -3.07. The maximum Gasteiger partial charge on any atom is 0.267 e. The van der Waals surface area contributed by atoms with E-state index in [4.69, 9.17) is 0 Å². The Kier molecular flexibility index (Phi) is 4.70. The molecule has 0 spiro atoms. The van der Waals surface area contributed by atoms with Gasteiger partial charge in [0.15, 0.2) is 5.82 Å². The SMILES string of the molecule is CN(c1ccc(-c2ccc(-n3ccnc3)cc2O)nn1)[C@H]1CC2CC(F)(F)[C@](C)(C1)N2C. The molecule has 0 amide bonds. The van der Waals surface area contributed by atoms with Gasteiger partial charge in [-0.1, -0.05) is 0 Å². The minimum Gasteiger partial charge on any atom is -0.507 e. The number of fused-ring (bicyclic) bond motifs is 2. The molecule has 9 heteroatoms. The largest absolute Gasteiger partial charge is 0.507 e. The number of anilines is 1. The van der Waals surface area contributed by atoms with E-state index in [1.165, 1.54) is 0 Å². The number of hydrogen-bond donors (Lipinski definition) is 1. The monoisotopic (exact) mass is 440 g/mol. The molecule has 2 fully saturated rings. The summed E-state index contributed by atoms with van der Waals surface area (Å²) in [5.41, 5.74) is 0.749. The molecule has 0 radical (unpaired) electrons. The van der Waals surface area contributed by atoms with E-state index >= 15 is 0 Å². The summed E-state index contributed by atoms with van der Waals surface area (Å²) >= 11 is 0. The lowest BCUT2D eigenvalue weighted by atomic mass is 9.85. The average molecular weight is 440 g/mol. The van der Waals surface area contributed by atoms with Crippen molar-refractivity contribution in [3.63, 3.8) is 0 Å². The first-order valence-electron chi connectivity index (χ1n) is 10.7. The molecule has 0 saturated carbocycles. The van der Waals surface area contributed by atoms with Crippen LogP contribution in [0.2, 0.25) is 0 Å². The van der Waals surface area contributed by atoms with Gasteiger partial charge < -0.3 is 14.6 Å². The van der Waals surface area contributed by atoms with Gasteiger partial charge in [-0.25, -0.2) is 13.8 Å². The number of halogens is 2. The highest BCUT2D eigenvalue weighted by molar-refractivity contribution is 5.69. The van der Waals surface area contributed by atoms with Crippen molar-refractivity contribution in [2.75, 3.05) is 19.0 Å². The highest BCUT2D eigenvalue weighted by Crippen LogP contribution is 2.53. The van der Waals surface area contributed by atoms with Crippen LogP contribution >= 0.6 is 0 Å². The fraction of sp³-hybridized carbons (Fsp3) is 0.435. The van der Waals surface area contributed by atoms with Gasteiger partial charge in [0.1, 0.15) is 5.75 Å². The molecular formula is C23H26F2N6O. The standard InChI is InChI=1S/C23H26F2N6O/c1-22-12-16(10-17(30(22)3)13-23(22,24)25)29(2)21-7-6-19(27-28-21)18-5-4-15(11-20(18)32)31-9-8-26-14-31/h4-9,11,14,16-17,32H,10,12-13H2,1-3H3/t16-,17?,22-/m0/s1. The van der Waals surface area contributed by atoms with Crippen LogP contribution in [0.1, 0.15) is 26.2 Å². The van der Waals surface area contributed by atoms with Crippen LogP contribution in [0.3, 0.4) is 0 Å². The van der Waals surface area contributed by atoms with Crippen molar-refractivity contribution >= 4 is 5.82 Å². The van der Waals surface area contributed by atoms with E-state index in [1.807, 2.05) is 29.0 Å². The molecule has 1 N–H and O–H groups in total. The third kappa shape index (κ3) is 3.14. The fourth-order valence-corrected chi connectivity index (χ4v) is 5.15. The molecule has 5 rings (SSSR count). The van der Waals surface area contributed by atoms with Crippen molar-refractivity contribution in [3.05, 3.63) is 49.1 Å². The summed E-state index contributed by atoms with van der Waals surface area (Å²) in [7, 11) is 3.69. The lowest BCUT2D eigenvalue weighted by molar-refractivity contribution is -0.0932. The van der Waals surface area contributed by atoms with Gasteiger partial charge in [0.25, 0.3) is 5.92 Å². The second-order valence-corrected chi connectivity index (χ2v) is 9.10. The first-order chi connectivity index (χ1) is 15.2. The molecule has 2 aliphatic heterocycles. The van der Waals surface area contributed by atoms with E-state index < -0.39 is 11.5 Å². The van der Waals surface area contributed by atoms with E-state index in [-0.39, 0.29) is 24.3 Å². The number of rotatable bonds is 4. The molecule has 4 heterocycles. The summed E-state index contributed by atoms with van der Waals surface area (Å²) in [6, 6.07) is 8.74. The van der Waals surface area contributed by atoms with E-state index in [0.717, 1.165) is 5.69 Å². The number of hydrogen-bond acceptors (Lipinski definition) is 6. The number of phenols is 1. The van der Waals surface area contributed by atoms with E-state index in [2.05, 4.69) is 15.2 Å². The van der Waals surface area contributed by atoms with Crippen LogP contribution in [0.15, 0.2) is 49.1 Å². The van der Waals surface area contributed by atoms with Crippen molar-refractivity contribution in [1.29, 1.82) is 0 Å². The molecule has 0 aliphatic carbocycles. The summed E-state index contributed by atoms with van der Waals surface area (Å²) in [5, 5.41) is 19.1. The predicted octanol–water partition coefficient (Wildman–Crippen LogP) is 3.73. The summed E-state index contributed by atoms with van der Waals surface area (Å²) in [5.74, 6) is -1.98. The van der Waals surface area contributed by atoms with Crippen LogP contribution < -0.4 is 4.90 Å². The highest BCUT2D eigenvalue weighted by atomic mass is 19.3. The Labute approximate surface area is 185 Å². The molecule has 1 unspecified atom stereocenters. The highest BCUT2D eigenvalue weighted by Gasteiger charge is 2.64. The Morgan fingerprint density at radius 2 is 1.97 bits per heavy atom. The molecule has 3 aromatic rings. The van der Waals surface area contributed by atoms with E-state index in [0.29, 0.717) is 29.9 Å². The molecule has 168 valence electrons. The van der Waals surface area contributed by atoms with Crippen LogP contribution in [0.25, 0.3) is 16.9 Å². The molecule has 3 atom stereocenters. The predicted molar refractivity (Wildman–Crippen MR) is 117 cm³/mol. The van der Waals surface area contributed by atoms with Gasteiger partial charge in [0, 0.05) is 49.6 Å². The first kappa shape index (κ1) is 20.8. The van der Waals surface area contributed by atoms with Crippen LogP contribution in [-0.2, 0) is 0 Å². The second kappa shape index (κ2) is 7.23. The zero-order valence-corrected chi connectivity index (χ0v) is 18.3. The number of imidazole rings is 1. The quantitative estimate of drug-likeness (QED) is 0.667. The number of piperidine rings is 1. The number of aromatic hydroxyl groups is 1. The van der Waals surface area contributed by atoms with Gasteiger partial charge in [-0.3, -0.25) is 4.90 Å². The van der Waals surface area contributed by atoms with Crippen molar-refractivity contribution in [2.24, 2.45) is 0 Å². The van der Waals surface area contributed by atoms with Gasteiger partial charge in [0.2, 0.25) is 0 Å². The summed E-state index contributed by atoms with van der Waals surface area (Å²) < 4.78 is 31.1. The minimum absolute atomic E-state index is 0.0439. The zero-order chi connectivity index (χ0) is 22.7. The Morgan fingerprint density at radius 1 is 1.16 bits per heavy atom. The van der Waals surface area contributed by atoms with Crippen molar-refractivity contribution in [2.45, 2.75) is 49.7 Å². The first-order valence-corrected chi connectivity index (χ1v) is 10.7. The fourth-order valence-electron chi connectivity index (χ4n) is 5.15. The molecule has 2 aliphatic rings. The van der Waals surface area contributed by atoms with Crippen molar-refractivity contribution in [3.8, 4) is 22.7 Å². The Morgan fingerprint density at radius 3 is 2.59 bits per heavy atom. The number of nitrogens with zero attached hydrogens (tertiary/aromatic N) is 6. The van der Waals surface area contributed by atoms with E-state index in [1.54, 1.807) is 55.5 Å². The summed E-state index contributed by atoms with van der Waals surface area (Å²) in [6.07, 6.45) is 6.06. The molecule has 7 nitrogen and oxygen atoms in total. The van der Waals surface area contributed by atoms with Crippen molar-refractivity contribution < 1.29 is 13.9 Å². The molecule has 2 saturated heterocycles. The van der Waals surface area contributed by atoms with Crippen LogP contribution in [0.5, 0.6) is 5.75 Å². The number of alkyl halides is 2. The van der Waals surface area contributed by atoms with Gasteiger partial charge in [0.05, 0.1) is 23.2 Å². The Balaban J connectivity index is 1.35. The van der Waals surface area contributed by atoms with Gasteiger partial charge in [-0.05, 0) is 51.1 Å². The van der Waals surface area contributed by atoms with Crippen LogP contribution in [0.4, 0.5) is 14.6 Å². The molecule has 2 bridgehead atoms. The van der Waals surface area contributed by atoms with Crippen molar-refractivity contribution in [1.82, 2.24) is 24.6 Å². The van der Waals surface area contributed by atoms with Gasteiger partial charge in [-0.2, -0.15) is 0 Å². The lowest BCUT2D eigenvalue weighted by Crippen LogP contribution is -2.58. The summed E-state index contributed by atoms with van der Waals surface area (Å²) in [4.78, 5) is 7.82. The number of benzene rings is 1. The maximum atomic E-state index is 14.7. The third-order valence-electron chi connectivity index (χ3n) is 7.40. The van der Waals surface area contributed by atoms with Crippen LogP contribution in [-0.4, -0.2) is 67.4 Å². The number of phenolic OH excluding ortho intramolecular Hbond substituents is 1. The molecule has 1 aromatic carbocycles. The second-order valence-electron chi connectivity index (χ2n) is 9.10. The van der Waals surface area contributed by atoms with Gasteiger partial charge in [-0.15, -0.1) is 10.2 Å². The topological polar surface area (TPSA) is 70.3 Å². The summed E-state index contributed by atoms with van der Waals surface area (Å²) in [6.45, 7) is 1.66. The average Bonchev–Trinajstić information content (AvgIpc) is 3.33. The minimum atomic E-state index is -2.70. The smallest absolute Gasteiger partial charge is 0.267 e. The molecule has 32 heavy (non-hydrogen) atoms. The zero-order valence-electron chi connectivity index (χ0n) is 18.3. The van der Waals surface area contributed by atoms with Crippen LogP contribution in [0, 0.1) is 0 Å².